The predicted molar refractivity (Wildman–Crippen MR) is 143 cm³/mol. The molecule has 1 spiro atoms. The Morgan fingerprint density at radius 1 is 1.08 bits per heavy atom. The monoisotopic (exact) mass is 562 g/mol. The number of hydrogen-bond acceptors (Lipinski definition) is 8. The van der Waals surface area contributed by atoms with Gasteiger partial charge in [0, 0.05) is 31.5 Å². The van der Waals surface area contributed by atoms with Crippen molar-refractivity contribution in [2.45, 2.75) is 50.2 Å². The highest BCUT2D eigenvalue weighted by Gasteiger charge is 2.46. The predicted octanol–water partition coefficient (Wildman–Crippen LogP) is 3.40. The quantitative estimate of drug-likeness (QED) is 0.528. The van der Waals surface area contributed by atoms with Gasteiger partial charge >= 0.3 is 0 Å². The summed E-state index contributed by atoms with van der Waals surface area (Å²) in [6.07, 6.45) is 4.95. The van der Waals surface area contributed by atoms with Crippen LogP contribution in [0.5, 0.6) is 0 Å². The van der Waals surface area contributed by atoms with Gasteiger partial charge in [-0.2, -0.15) is 4.98 Å². The molecule has 0 radical (unpaired) electrons. The molecule has 1 aromatic carbocycles. The molecule has 2 N–H and O–H groups in total. The lowest BCUT2D eigenvalue weighted by Gasteiger charge is -2.38. The smallest absolute Gasteiger partial charge is 0.282 e. The lowest BCUT2D eigenvalue weighted by molar-refractivity contribution is -0.0271. The maximum Gasteiger partial charge on any atom is 0.282 e. The van der Waals surface area contributed by atoms with Gasteiger partial charge in [-0.05, 0) is 62.6 Å². The summed E-state index contributed by atoms with van der Waals surface area (Å²) in [5.74, 6) is -2.84. The minimum Gasteiger partial charge on any atom is -0.380 e. The Kier molecular flexibility index (Phi) is 6.41. The molecule has 1 aromatic heterocycles. The highest BCUT2D eigenvalue weighted by atomic mass is 32.2. The number of hydrogen-bond donors (Lipinski definition) is 2. The fraction of sp³-hybridized carbons (Fsp3) is 0.577. The maximum atomic E-state index is 13.5. The minimum atomic E-state index is -3.64. The molecule has 4 heterocycles. The molecule has 1 atom stereocenters. The Labute approximate surface area is 226 Å². The third-order valence-corrected chi connectivity index (χ3v) is 9.93. The maximum absolute atomic E-state index is 13.5. The van der Waals surface area contributed by atoms with Crippen LogP contribution in [0.3, 0.4) is 0 Å². The molecule has 13 heteroatoms. The number of benzene rings is 1. The molecule has 4 aliphatic rings. The zero-order valence-corrected chi connectivity index (χ0v) is 22.6. The Morgan fingerprint density at radius 2 is 1.82 bits per heavy atom. The number of sulfonamides is 1. The van der Waals surface area contributed by atoms with E-state index in [1.807, 2.05) is 0 Å². The van der Waals surface area contributed by atoms with E-state index >= 15 is 0 Å². The number of rotatable bonds is 7. The summed E-state index contributed by atoms with van der Waals surface area (Å²) in [5.41, 5.74) is 2.36. The van der Waals surface area contributed by atoms with E-state index in [1.54, 1.807) is 31.2 Å². The number of aryl methyl sites for hydroxylation is 1. The SMILES string of the molecule is Cc1cc(NC(=O)c2ccc(NS(=O)(=O)[C@H]3CCOC3)cc2N2CCC3(CC2)CC3)nc(N2CC(F)(F)C2)n1. The number of nitrogens with zero attached hydrogens (tertiary/aromatic N) is 4. The third-order valence-electron chi connectivity index (χ3n) is 8.16. The average molecular weight is 563 g/mol. The van der Waals surface area contributed by atoms with Crippen LogP contribution in [-0.2, 0) is 14.8 Å². The summed E-state index contributed by atoms with van der Waals surface area (Å²) < 4.78 is 60.5. The first kappa shape index (κ1) is 26.2. The topological polar surface area (TPSA) is 117 Å². The van der Waals surface area contributed by atoms with Crippen molar-refractivity contribution in [2.75, 3.05) is 59.2 Å². The first-order valence-electron chi connectivity index (χ1n) is 13.3. The van der Waals surface area contributed by atoms with Gasteiger partial charge < -0.3 is 19.9 Å². The van der Waals surface area contributed by atoms with Crippen molar-refractivity contribution in [1.82, 2.24) is 9.97 Å². The second-order valence-corrected chi connectivity index (χ2v) is 13.2. The van der Waals surface area contributed by atoms with Gasteiger partial charge in [-0.1, -0.05) is 0 Å². The molecule has 4 fully saturated rings. The van der Waals surface area contributed by atoms with E-state index in [4.69, 9.17) is 4.74 Å². The van der Waals surface area contributed by atoms with Crippen LogP contribution < -0.4 is 19.8 Å². The number of alkyl halides is 2. The Hall–Kier alpha value is -3.06. The van der Waals surface area contributed by atoms with Gasteiger partial charge in [-0.3, -0.25) is 9.52 Å². The fourth-order valence-electron chi connectivity index (χ4n) is 5.55. The molecule has 2 aromatic rings. The molecule has 210 valence electrons. The highest BCUT2D eigenvalue weighted by Crippen LogP contribution is 2.54. The van der Waals surface area contributed by atoms with Gasteiger partial charge in [0.15, 0.2) is 0 Å². The van der Waals surface area contributed by atoms with Crippen LogP contribution in [0.15, 0.2) is 24.3 Å². The number of aromatic nitrogens is 2. The fourth-order valence-corrected chi connectivity index (χ4v) is 6.85. The summed E-state index contributed by atoms with van der Waals surface area (Å²) in [6, 6.07) is 6.49. The number of halogens is 2. The third kappa shape index (κ3) is 5.51. The number of carbonyl (C=O) groups excluding carboxylic acids is 1. The molecule has 39 heavy (non-hydrogen) atoms. The molecule has 1 aliphatic carbocycles. The summed E-state index contributed by atoms with van der Waals surface area (Å²) in [5, 5.41) is 2.18. The van der Waals surface area contributed by atoms with Crippen LogP contribution >= 0.6 is 0 Å². The van der Waals surface area contributed by atoms with Crippen molar-refractivity contribution in [1.29, 1.82) is 0 Å². The first-order valence-corrected chi connectivity index (χ1v) is 14.8. The van der Waals surface area contributed by atoms with Crippen LogP contribution in [0.4, 0.5) is 31.9 Å². The molecular formula is C26H32F2N6O4S. The first-order chi connectivity index (χ1) is 18.5. The van der Waals surface area contributed by atoms with Crippen molar-refractivity contribution < 1.29 is 26.7 Å². The number of amides is 1. The molecule has 0 bridgehead atoms. The Balaban J connectivity index is 1.25. The highest BCUT2D eigenvalue weighted by molar-refractivity contribution is 7.93. The summed E-state index contributed by atoms with van der Waals surface area (Å²) in [4.78, 5) is 25.6. The number of piperidine rings is 1. The van der Waals surface area contributed by atoms with Crippen molar-refractivity contribution in [2.24, 2.45) is 5.41 Å². The molecule has 3 aliphatic heterocycles. The zero-order valence-electron chi connectivity index (χ0n) is 21.8. The minimum absolute atomic E-state index is 0.142. The van der Waals surface area contributed by atoms with Crippen molar-refractivity contribution >= 4 is 39.1 Å². The van der Waals surface area contributed by atoms with E-state index in [1.165, 1.54) is 17.7 Å². The van der Waals surface area contributed by atoms with Crippen molar-refractivity contribution in [3.05, 3.63) is 35.5 Å². The van der Waals surface area contributed by atoms with Crippen LogP contribution in [0.1, 0.15) is 48.2 Å². The summed E-state index contributed by atoms with van der Waals surface area (Å²) >= 11 is 0. The van der Waals surface area contributed by atoms with Crippen molar-refractivity contribution in [3.8, 4) is 0 Å². The van der Waals surface area contributed by atoms with Crippen molar-refractivity contribution in [3.63, 3.8) is 0 Å². The second-order valence-electron chi connectivity index (χ2n) is 11.2. The number of anilines is 4. The van der Waals surface area contributed by atoms with Gasteiger partial charge in [0.25, 0.3) is 11.8 Å². The standard InChI is InChI=1S/C26H32F2N6O4S/c1-17-12-22(31-24(29-17)34-15-26(27,28)16-34)30-23(35)20-3-2-18(32-39(36,37)19-4-11-38-14-19)13-21(20)33-9-7-25(5-6-25)8-10-33/h2-3,12-13,19,32H,4-11,14-16H2,1H3,(H,29,30,31,35)/t19-/m0/s1. The summed E-state index contributed by atoms with van der Waals surface area (Å²) in [6.45, 7) is 2.90. The number of ether oxygens (including phenoxy) is 1. The molecule has 0 unspecified atom stereocenters. The van der Waals surface area contributed by atoms with Crippen LogP contribution in [0.2, 0.25) is 0 Å². The summed E-state index contributed by atoms with van der Waals surface area (Å²) in [7, 11) is -3.64. The molecule has 10 nitrogen and oxygen atoms in total. The number of carbonyl (C=O) groups is 1. The van der Waals surface area contributed by atoms with Gasteiger partial charge in [0.1, 0.15) is 11.1 Å². The van der Waals surface area contributed by atoms with E-state index in [2.05, 4.69) is 24.9 Å². The Morgan fingerprint density at radius 3 is 2.46 bits per heavy atom. The zero-order chi connectivity index (χ0) is 27.4. The molecular weight excluding hydrogens is 530 g/mol. The molecule has 6 rings (SSSR count). The average Bonchev–Trinajstić information content (AvgIpc) is 3.36. The van der Waals surface area contributed by atoms with Crippen LogP contribution in [-0.4, -0.2) is 74.9 Å². The molecule has 1 saturated carbocycles. The van der Waals surface area contributed by atoms with E-state index in [0.29, 0.717) is 41.1 Å². The second kappa shape index (κ2) is 9.54. The van der Waals surface area contributed by atoms with Gasteiger partial charge in [0.05, 0.1) is 36.6 Å². The lowest BCUT2D eigenvalue weighted by Crippen LogP contribution is -2.57. The van der Waals surface area contributed by atoms with Crippen LogP contribution in [0.25, 0.3) is 0 Å². The normalized spacial score (nSPS) is 23.4. The van der Waals surface area contributed by atoms with Gasteiger partial charge in [-0.15, -0.1) is 0 Å². The molecule has 1 amide bonds. The van der Waals surface area contributed by atoms with E-state index in [-0.39, 0.29) is 18.4 Å². The van der Waals surface area contributed by atoms with Gasteiger partial charge in [-0.25, -0.2) is 22.2 Å². The van der Waals surface area contributed by atoms with Gasteiger partial charge in [0.2, 0.25) is 16.0 Å². The van der Waals surface area contributed by atoms with E-state index in [9.17, 15) is 22.0 Å². The van der Waals surface area contributed by atoms with E-state index < -0.39 is 40.2 Å². The molecule has 3 saturated heterocycles. The Bertz CT molecular complexity index is 1380. The lowest BCUT2D eigenvalue weighted by atomic mass is 9.93. The number of nitrogens with one attached hydrogen (secondary N) is 2. The van der Waals surface area contributed by atoms with E-state index in [0.717, 1.165) is 25.9 Å². The largest absolute Gasteiger partial charge is 0.380 e. The van der Waals surface area contributed by atoms with Crippen LogP contribution in [0, 0.1) is 12.3 Å².